The van der Waals surface area contributed by atoms with Crippen LogP contribution in [-0.2, 0) is 17.1 Å². The minimum Gasteiger partial charge on any atom is -0.305 e. The van der Waals surface area contributed by atoms with Gasteiger partial charge in [-0.2, -0.15) is 0 Å². The van der Waals surface area contributed by atoms with Gasteiger partial charge >= 0.3 is 0 Å². The second kappa shape index (κ2) is 20.6. The molecule has 13 heteroatoms. The molecule has 2 aromatic carbocycles. The molecule has 4 aliphatic heterocycles. The molecule has 51 heavy (non-hydrogen) atoms. The van der Waals surface area contributed by atoms with Crippen molar-refractivity contribution < 1.29 is 17.1 Å². The quantitative estimate of drug-likeness (QED) is 0.223. The monoisotopic (exact) mass is 823 g/mol. The Morgan fingerprint density at radius 2 is 0.941 bits per heavy atom. The summed E-state index contributed by atoms with van der Waals surface area (Å²) in [4.78, 5) is 19.1. The van der Waals surface area contributed by atoms with Gasteiger partial charge in [-0.25, -0.2) is 0 Å². The fourth-order valence-corrected chi connectivity index (χ4v) is 9.26. The summed E-state index contributed by atoms with van der Waals surface area (Å²) < 4.78 is -1.81. The van der Waals surface area contributed by atoms with Crippen LogP contribution in [0.5, 0.6) is 0 Å². The van der Waals surface area contributed by atoms with Gasteiger partial charge in [0.25, 0.3) is 0 Å². The summed E-state index contributed by atoms with van der Waals surface area (Å²) >= 11 is 28.0. The number of benzene rings is 2. The van der Waals surface area contributed by atoms with E-state index in [1.807, 2.05) is 6.07 Å². The molecule has 287 valence electrons. The van der Waals surface area contributed by atoms with Crippen molar-refractivity contribution in [1.29, 1.82) is 0 Å². The van der Waals surface area contributed by atoms with Crippen molar-refractivity contribution in [2.24, 2.45) is 0 Å². The molecule has 2 aromatic rings. The topological polar surface area (TPSA) is 25.9 Å². The molecule has 0 saturated carbocycles. The SMILES string of the molecule is CN1CCCN2CCN(C)C(c3ccccc3)CC(Cl)(Cl)N(CC1)CC2.CN1CCN2CCN(C)C(c3ccccc3)C(Cl)(Cl)N(CC1)CC2.[Mn]. The van der Waals surface area contributed by atoms with Crippen LogP contribution in [0.2, 0.25) is 0 Å². The van der Waals surface area contributed by atoms with Gasteiger partial charge in [0.2, 0.25) is 0 Å². The summed E-state index contributed by atoms with van der Waals surface area (Å²) in [6.45, 7) is 16.2. The van der Waals surface area contributed by atoms with Crippen LogP contribution in [0.15, 0.2) is 60.7 Å². The Kier molecular flexibility index (Phi) is 17.6. The third-order valence-corrected chi connectivity index (χ3v) is 12.8. The maximum Gasteiger partial charge on any atom is 0.191 e. The van der Waals surface area contributed by atoms with Crippen molar-refractivity contribution in [3.63, 3.8) is 0 Å². The van der Waals surface area contributed by atoms with Gasteiger partial charge in [0.05, 0.1) is 6.04 Å². The summed E-state index contributed by atoms with van der Waals surface area (Å²) in [5.41, 5.74) is 2.46. The van der Waals surface area contributed by atoms with Gasteiger partial charge in [-0.05, 0) is 58.8 Å². The predicted molar refractivity (Wildman–Crippen MR) is 213 cm³/mol. The van der Waals surface area contributed by atoms with E-state index in [1.165, 1.54) is 17.5 Å². The summed E-state index contributed by atoms with van der Waals surface area (Å²) in [6, 6.07) is 21.2. The Balaban J connectivity index is 0.000000225. The van der Waals surface area contributed by atoms with E-state index in [4.69, 9.17) is 46.4 Å². The smallest absolute Gasteiger partial charge is 0.191 e. The normalized spacial score (nSPS) is 31.9. The summed E-state index contributed by atoms with van der Waals surface area (Å²) in [5.74, 6) is 0. The van der Waals surface area contributed by atoms with Gasteiger partial charge < -0.3 is 14.7 Å². The van der Waals surface area contributed by atoms with Crippen LogP contribution in [-0.4, -0.2) is 181 Å². The molecule has 4 heterocycles. The molecule has 6 unspecified atom stereocenters. The number of alkyl halides is 4. The Morgan fingerprint density at radius 1 is 0.490 bits per heavy atom. The molecule has 4 bridgehead atoms. The molecule has 6 atom stereocenters. The Hall–Kier alpha value is -0.201. The van der Waals surface area contributed by atoms with Crippen molar-refractivity contribution in [1.82, 2.24) is 39.2 Å². The van der Waals surface area contributed by atoms with Crippen LogP contribution in [0, 0.1) is 0 Å². The number of hydrogen-bond donors (Lipinski definition) is 0. The van der Waals surface area contributed by atoms with E-state index in [2.05, 4.69) is 122 Å². The van der Waals surface area contributed by atoms with Gasteiger partial charge in [0.15, 0.2) is 8.91 Å². The third-order valence-electron chi connectivity index (χ3n) is 11.2. The molecule has 0 aliphatic carbocycles. The molecule has 0 spiro atoms. The van der Waals surface area contributed by atoms with Gasteiger partial charge in [-0.15, -0.1) is 0 Å². The van der Waals surface area contributed by atoms with E-state index >= 15 is 0 Å². The van der Waals surface area contributed by atoms with Gasteiger partial charge in [-0.1, -0.05) is 107 Å². The average molecular weight is 826 g/mol. The fourth-order valence-electron chi connectivity index (χ4n) is 7.70. The standard InChI is InChI=1S/C20H32Cl2N4.C18H28Cl2N4.Mn/c1-23-9-6-10-25-13-12-24(2)19(18-7-4-3-5-8-18)17-20(21,22)26(15-11-23)16-14-25;1-21-8-11-23-12-10-22(2)17(16-6-4-3-5-7-16)18(19,20)24(14-9-21)15-13-23;/h3-5,7-8,19H,6,9-17H2,1-2H3;3-7,17H,8-15H2,1-2H3;. The average Bonchev–Trinajstić information content (AvgIpc) is 3.22. The minimum atomic E-state index is -0.947. The summed E-state index contributed by atoms with van der Waals surface area (Å²) in [6.07, 6.45) is 1.93. The number of hydrogen-bond acceptors (Lipinski definition) is 8. The van der Waals surface area contributed by atoms with Crippen molar-refractivity contribution in [2.45, 2.75) is 33.8 Å². The van der Waals surface area contributed by atoms with Crippen molar-refractivity contribution in [3.8, 4) is 0 Å². The molecule has 4 fully saturated rings. The first-order chi connectivity index (χ1) is 23.9. The molecule has 4 aliphatic rings. The molecular weight excluding hydrogens is 765 g/mol. The van der Waals surface area contributed by atoms with Crippen LogP contribution in [0.4, 0.5) is 0 Å². The first kappa shape index (κ1) is 43.5. The molecule has 0 aromatic heterocycles. The van der Waals surface area contributed by atoms with Crippen LogP contribution < -0.4 is 0 Å². The second-order valence-electron chi connectivity index (χ2n) is 14.8. The van der Waals surface area contributed by atoms with E-state index in [0.29, 0.717) is 6.42 Å². The number of fused-ring (bicyclic) bond motifs is 6. The summed E-state index contributed by atoms with van der Waals surface area (Å²) in [7, 11) is 8.71. The molecule has 1 radical (unpaired) electrons. The molecule has 0 N–H and O–H groups in total. The van der Waals surface area contributed by atoms with E-state index < -0.39 is 8.91 Å². The largest absolute Gasteiger partial charge is 0.305 e. The number of halogens is 4. The van der Waals surface area contributed by atoms with E-state index in [-0.39, 0.29) is 29.2 Å². The van der Waals surface area contributed by atoms with Crippen molar-refractivity contribution in [2.75, 3.05) is 133 Å². The van der Waals surface area contributed by atoms with Gasteiger partial charge in [0.1, 0.15) is 0 Å². The molecule has 0 amide bonds. The second-order valence-corrected chi connectivity index (χ2v) is 17.6. The van der Waals surface area contributed by atoms with Crippen LogP contribution >= 0.6 is 46.4 Å². The maximum absolute atomic E-state index is 7.05. The van der Waals surface area contributed by atoms with Crippen LogP contribution in [0.25, 0.3) is 0 Å². The number of rotatable bonds is 2. The van der Waals surface area contributed by atoms with Crippen molar-refractivity contribution >= 4 is 46.4 Å². The molecule has 8 nitrogen and oxygen atoms in total. The molecular formula is C38H60Cl4MnN8. The number of nitrogens with zero attached hydrogens (tertiary/aromatic N) is 8. The Bertz CT molecular complexity index is 1280. The van der Waals surface area contributed by atoms with Gasteiger partial charge in [0, 0.05) is 121 Å². The van der Waals surface area contributed by atoms with Crippen LogP contribution in [0.1, 0.15) is 36.1 Å². The zero-order chi connectivity index (χ0) is 35.7. The van der Waals surface area contributed by atoms with E-state index in [0.717, 1.165) is 105 Å². The van der Waals surface area contributed by atoms with E-state index in [9.17, 15) is 0 Å². The first-order valence-corrected chi connectivity index (χ1v) is 20.0. The Labute approximate surface area is 339 Å². The zero-order valence-corrected chi connectivity index (χ0v) is 35.3. The number of likely N-dealkylation sites (N-methyl/N-ethyl adjacent to an activating group) is 4. The van der Waals surface area contributed by atoms with Gasteiger partial charge in [-0.3, -0.25) is 24.5 Å². The Morgan fingerprint density at radius 3 is 1.59 bits per heavy atom. The minimum absolute atomic E-state index is 0. The van der Waals surface area contributed by atoms with Crippen LogP contribution in [0.3, 0.4) is 0 Å². The maximum atomic E-state index is 7.05. The first-order valence-electron chi connectivity index (χ1n) is 18.5. The summed E-state index contributed by atoms with van der Waals surface area (Å²) in [5, 5.41) is 0. The third kappa shape index (κ3) is 12.4. The predicted octanol–water partition coefficient (Wildman–Crippen LogP) is 5.49. The molecule has 6 rings (SSSR count). The molecule has 4 saturated heterocycles. The fraction of sp³-hybridized carbons (Fsp3) is 0.684. The zero-order valence-electron chi connectivity index (χ0n) is 31.1. The van der Waals surface area contributed by atoms with E-state index in [1.54, 1.807) is 0 Å². The van der Waals surface area contributed by atoms with Crippen molar-refractivity contribution in [3.05, 3.63) is 71.8 Å².